The first-order chi connectivity index (χ1) is 5.55. The van der Waals surface area contributed by atoms with Gasteiger partial charge in [-0.05, 0) is 0 Å². The molecule has 1 saturated heterocycles. The third-order valence-electron chi connectivity index (χ3n) is 1.57. The lowest BCUT2D eigenvalue weighted by molar-refractivity contribution is -0.0116. The second kappa shape index (κ2) is 3.22. The van der Waals surface area contributed by atoms with E-state index >= 15 is 0 Å². The SMILES string of the molecule is NCC(F)(F)CN1CCOC1=O. The fourth-order valence-corrected chi connectivity index (χ4v) is 0.913. The highest BCUT2D eigenvalue weighted by Crippen LogP contribution is 2.15. The number of nitrogens with zero attached hydrogens (tertiary/aromatic N) is 1. The lowest BCUT2D eigenvalue weighted by Crippen LogP contribution is -2.42. The number of ether oxygens (including phenoxy) is 1. The Hall–Kier alpha value is -0.910. The summed E-state index contributed by atoms with van der Waals surface area (Å²) in [6, 6.07) is 0. The molecule has 1 heterocycles. The van der Waals surface area contributed by atoms with Crippen LogP contribution in [0.1, 0.15) is 0 Å². The Morgan fingerprint density at radius 3 is 2.75 bits per heavy atom. The first-order valence-corrected chi connectivity index (χ1v) is 3.55. The normalized spacial score (nSPS) is 18.2. The highest BCUT2D eigenvalue weighted by molar-refractivity contribution is 5.69. The molecular weight excluding hydrogens is 170 g/mol. The second-order valence-electron chi connectivity index (χ2n) is 2.60. The molecule has 1 amide bonds. The summed E-state index contributed by atoms with van der Waals surface area (Å²) in [6.07, 6.45) is -0.692. The van der Waals surface area contributed by atoms with E-state index in [4.69, 9.17) is 5.73 Å². The number of carbonyl (C=O) groups is 1. The van der Waals surface area contributed by atoms with Gasteiger partial charge in [-0.2, -0.15) is 0 Å². The molecule has 1 rings (SSSR count). The summed E-state index contributed by atoms with van der Waals surface area (Å²) in [5, 5.41) is 0. The number of nitrogens with two attached hydrogens (primary N) is 1. The molecule has 0 saturated carbocycles. The Morgan fingerprint density at radius 2 is 2.33 bits per heavy atom. The molecule has 1 aliphatic rings. The molecule has 0 bridgehead atoms. The molecule has 2 N–H and O–H groups in total. The van der Waals surface area contributed by atoms with Crippen molar-refractivity contribution in [2.24, 2.45) is 5.73 Å². The van der Waals surface area contributed by atoms with Gasteiger partial charge >= 0.3 is 6.09 Å². The van der Waals surface area contributed by atoms with Gasteiger partial charge in [0.2, 0.25) is 0 Å². The van der Waals surface area contributed by atoms with E-state index in [1.807, 2.05) is 0 Å². The van der Waals surface area contributed by atoms with Crippen molar-refractivity contribution in [1.82, 2.24) is 4.90 Å². The van der Waals surface area contributed by atoms with Crippen LogP contribution in [0.2, 0.25) is 0 Å². The molecule has 0 aliphatic carbocycles. The Morgan fingerprint density at radius 1 is 1.67 bits per heavy atom. The molecule has 0 aromatic rings. The van der Waals surface area contributed by atoms with E-state index in [2.05, 4.69) is 4.74 Å². The number of hydrogen-bond donors (Lipinski definition) is 1. The lowest BCUT2D eigenvalue weighted by Gasteiger charge is -2.19. The maximum atomic E-state index is 12.6. The second-order valence-corrected chi connectivity index (χ2v) is 2.60. The van der Waals surface area contributed by atoms with Crippen molar-refractivity contribution in [2.75, 3.05) is 26.2 Å². The third kappa shape index (κ3) is 2.04. The summed E-state index contributed by atoms with van der Waals surface area (Å²) in [4.78, 5) is 11.6. The van der Waals surface area contributed by atoms with Crippen LogP contribution in [0.15, 0.2) is 0 Å². The molecule has 1 fully saturated rings. The van der Waals surface area contributed by atoms with Crippen molar-refractivity contribution < 1.29 is 18.3 Å². The first-order valence-electron chi connectivity index (χ1n) is 3.55. The number of halogens is 2. The van der Waals surface area contributed by atoms with Gasteiger partial charge in [0.1, 0.15) is 6.61 Å². The Labute approximate surface area is 68.3 Å². The van der Waals surface area contributed by atoms with Crippen molar-refractivity contribution in [1.29, 1.82) is 0 Å². The zero-order chi connectivity index (χ0) is 9.19. The number of hydrogen-bond acceptors (Lipinski definition) is 3. The molecule has 6 heteroatoms. The van der Waals surface area contributed by atoms with Crippen molar-refractivity contribution in [3.8, 4) is 0 Å². The summed E-state index contributed by atoms with van der Waals surface area (Å²) in [7, 11) is 0. The first kappa shape index (κ1) is 9.18. The van der Waals surface area contributed by atoms with Crippen LogP contribution in [-0.4, -0.2) is 43.2 Å². The number of carbonyl (C=O) groups excluding carboxylic acids is 1. The van der Waals surface area contributed by atoms with Crippen LogP contribution in [0.3, 0.4) is 0 Å². The number of amides is 1. The van der Waals surface area contributed by atoms with Gasteiger partial charge in [-0.1, -0.05) is 0 Å². The largest absolute Gasteiger partial charge is 0.448 e. The molecule has 1 aliphatic heterocycles. The monoisotopic (exact) mass is 180 g/mol. The van der Waals surface area contributed by atoms with E-state index in [0.717, 1.165) is 4.90 Å². The zero-order valence-electron chi connectivity index (χ0n) is 6.43. The van der Waals surface area contributed by atoms with Gasteiger partial charge in [0, 0.05) is 0 Å². The van der Waals surface area contributed by atoms with Gasteiger partial charge in [0.05, 0.1) is 19.6 Å². The van der Waals surface area contributed by atoms with E-state index < -0.39 is 25.1 Å². The minimum absolute atomic E-state index is 0.180. The summed E-state index contributed by atoms with van der Waals surface area (Å²) >= 11 is 0. The van der Waals surface area contributed by atoms with E-state index in [0.29, 0.717) is 0 Å². The third-order valence-corrected chi connectivity index (χ3v) is 1.57. The Balaban J connectivity index is 2.45. The van der Waals surface area contributed by atoms with Gasteiger partial charge in [0.15, 0.2) is 0 Å². The Bertz CT molecular complexity index is 186. The van der Waals surface area contributed by atoms with Gasteiger partial charge < -0.3 is 10.5 Å². The van der Waals surface area contributed by atoms with E-state index in [9.17, 15) is 13.6 Å². The van der Waals surface area contributed by atoms with Gasteiger partial charge in [-0.25, -0.2) is 13.6 Å². The predicted molar refractivity (Wildman–Crippen MR) is 36.9 cm³/mol. The van der Waals surface area contributed by atoms with Crippen LogP contribution in [0, 0.1) is 0 Å². The molecule has 4 nitrogen and oxygen atoms in total. The fraction of sp³-hybridized carbons (Fsp3) is 0.833. The van der Waals surface area contributed by atoms with Crippen LogP contribution in [0.4, 0.5) is 13.6 Å². The Kier molecular flexibility index (Phi) is 2.46. The number of alkyl halides is 2. The topological polar surface area (TPSA) is 55.6 Å². The van der Waals surface area contributed by atoms with Crippen LogP contribution >= 0.6 is 0 Å². The highest BCUT2D eigenvalue weighted by atomic mass is 19.3. The van der Waals surface area contributed by atoms with Gasteiger partial charge in [0.25, 0.3) is 5.92 Å². The summed E-state index contributed by atoms with van der Waals surface area (Å²) in [6.45, 7) is -1.01. The van der Waals surface area contributed by atoms with Crippen molar-refractivity contribution in [3.05, 3.63) is 0 Å². The maximum absolute atomic E-state index is 12.6. The van der Waals surface area contributed by atoms with E-state index in [1.54, 1.807) is 0 Å². The molecule has 12 heavy (non-hydrogen) atoms. The predicted octanol–water partition coefficient (Wildman–Crippen LogP) is 0.0326. The number of rotatable bonds is 3. The van der Waals surface area contributed by atoms with E-state index in [1.165, 1.54) is 0 Å². The average molecular weight is 180 g/mol. The molecule has 0 atom stereocenters. The summed E-state index contributed by atoms with van der Waals surface area (Å²) in [5.74, 6) is -3.01. The minimum atomic E-state index is -3.01. The van der Waals surface area contributed by atoms with Crippen LogP contribution in [0.25, 0.3) is 0 Å². The molecule has 0 aromatic heterocycles. The van der Waals surface area contributed by atoms with Crippen LogP contribution in [-0.2, 0) is 4.74 Å². The summed E-state index contributed by atoms with van der Waals surface area (Å²) in [5.41, 5.74) is 4.80. The standard InChI is InChI=1S/C6H10F2N2O2/c7-6(8,3-9)4-10-1-2-12-5(10)11/h1-4,9H2. The highest BCUT2D eigenvalue weighted by Gasteiger charge is 2.34. The zero-order valence-corrected chi connectivity index (χ0v) is 6.43. The lowest BCUT2D eigenvalue weighted by atomic mass is 10.3. The molecule has 0 unspecified atom stereocenters. The average Bonchev–Trinajstić information content (AvgIpc) is 2.36. The summed E-state index contributed by atoms with van der Waals surface area (Å²) < 4.78 is 29.7. The molecule has 70 valence electrons. The van der Waals surface area contributed by atoms with Crippen LogP contribution < -0.4 is 5.73 Å². The van der Waals surface area contributed by atoms with Crippen LogP contribution in [0.5, 0.6) is 0 Å². The fourth-order valence-electron chi connectivity index (χ4n) is 0.913. The molecule has 0 radical (unpaired) electrons. The molecule has 0 aromatic carbocycles. The van der Waals surface area contributed by atoms with Gasteiger partial charge in [-0.15, -0.1) is 0 Å². The molecular formula is C6H10F2N2O2. The number of cyclic esters (lactones) is 1. The molecule has 0 spiro atoms. The maximum Gasteiger partial charge on any atom is 0.410 e. The van der Waals surface area contributed by atoms with Crippen molar-refractivity contribution in [2.45, 2.75) is 5.92 Å². The van der Waals surface area contributed by atoms with Gasteiger partial charge in [-0.3, -0.25) is 4.90 Å². The minimum Gasteiger partial charge on any atom is -0.448 e. The quantitative estimate of drug-likeness (QED) is 0.666. The van der Waals surface area contributed by atoms with E-state index in [-0.39, 0.29) is 13.2 Å². The smallest absolute Gasteiger partial charge is 0.410 e. The van der Waals surface area contributed by atoms with Crippen molar-refractivity contribution in [3.63, 3.8) is 0 Å². The van der Waals surface area contributed by atoms with Crippen molar-refractivity contribution >= 4 is 6.09 Å².